The molecule has 2 aromatic heterocycles. The number of anilines is 3. The molecule has 9 nitrogen and oxygen atoms in total. The van der Waals surface area contributed by atoms with Crippen LogP contribution in [0.5, 0.6) is 5.75 Å². The Morgan fingerprint density at radius 3 is 2.25 bits per heavy atom. The van der Waals surface area contributed by atoms with Gasteiger partial charge in [-0.15, -0.1) is 0 Å². The summed E-state index contributed by atoms with van der Waals surface area (Å²) < 4.78 is 8.23. The van der Waals surface area contributed by atoms with Crippen LogP contribution in [0.1, 0.15) is 49.7 Å². The topological polar surface area (TPSA) is 83.7 Å². The van der Waals surface area contributed by atoms with Crippen LogP contribution in [0.2, 0.25) is 0 Å². The lowest BCUT2D eigenvalue weighted by Crippen LogP contribution is -2.34. The molecule has 0 bridgehead atoms. The molecule has 0 radical (unpaired) electrons. The second-order valence-electron chi connectivity index (χ2n) is 10.7. The summed E-state index contributed by atoms with van der Waals surface area (Å²) in [6.45, 7) is 7.34. The molecule has 2 aliphatic heterocycles. The van der Waals surface area contributed by atoms with E-state index in [0.29, 0.717) is 12.6 Å². The Hall–Kier alpha value is -4.14. The molecule has 9 heteroatoms. The molecule has 0 aliphatic carbocycles. The van der Waals surface area contributed by atoms with Crippen molar-refractivity contribution in [3.05, 3.63) is 65.9 Å². The van der Waals surface area contributed by atoms with E-state index in [0.717, 1.165) is 66.8 Å². The van der Waals surface area contributed by atoms with Crippen LogP contribution >= 0.6 is 0 Å². The number of hydrazone groups is 1. The predicted octanol–water partition coefficient (Wildman–Crippen LogP) is 5.64. The Morgan fingerprint density at radius 2 is 1.55 bits per heavy atom. The molecule has 4 aromatic rings. The average Bonchev–Trinajstić information content (AvgIpc) is 3.35. The minimum Gasteiger partial charge on any atom is -0.492 e. The maximum atomic E-state index is 6.01. The molecule has 0 saturated carbocycles. The van der Waals surface area contributed by atoms with Crippen LogP contribution in [0.25, 0.3) is 10.9 Å². The van der Waals surface area contributed by atoms with Gasteiger partial charge in [-0.05, 0) is 69.2 Å². The van der Waals surface area contributed by atoms with Crippen LogP contribution in [-0.4, -0.2) is 58.5 Å². The summed E-state index contributed by atoms with van der Waals surface area (Å²) in [6, 6.07) is 16.5. The van der Waals surface area contributed by atoms with Crippen molar-refractivity contribution in [1.82, 2.24) is 19.5 Å². The minimum atomic E-state index is 0.489. The van der Waals surface area contributed by atoms with Gasteiger partial charge in [0.2, 0.25) is 17.8 Å². The van der Waals surface area contributed by atoms with E-state index in [1.165, 1.54) is 44.1 Å². The molecule has 1 N–H and O–H groups in total. The van der Waals surface area contributed by atoms with Gasteiger partial charge in [0.25, 0.3) is 0 Å². The normalized spacial score (nSPS) is 16.1. The summed E-state index contributed by atoms with van der Waals surface area (Å²) in [4.78, 5) is 18.9. The Bertz CT molecular complexity index is 1420. The quantitative estimate of drug-likeness (QED) is 0.218. The highest BCUT2D eigenvalue weighted by molar-refractivity contribution is 5.99. The summed E-state index contributed by atoms with van der Waals surface area (Å²) in [5.41, 5.74) is 6.49. The van der Waals surface area contributed by atoms with Gasteiger partial charge in [-0.1, -0.05) is 30.3 Å². The molecule has 0 atom stereocenters. The number of fused-ring (bicyclic) bond motifs is 1. The third-order valence-electron chi connectivity index (χ3n) is 7.67. The van der Waals surface area contributed by atoms with Crippen LogP contribution in [0.15, 0.2) is 59.8 Å². The van der Waals surface area contributed by atoms with Crippen molar-refractivity contribution in [3.63, 3.8) is 0 Å². The second-order valence-corrected chi connectivity index (χ2v) is 10.7. The Labute approximate surface area is 235 Å². The van der Waals surface area contributed by atoms with Crippen molar-refractivity contribution in [2.75, 3.05) is 48.0 Å². The highest BCUT2D eigenvalue weighted by Crippen LogP contribution is 2.23. The van der Waals surface area contributed by atoms with Gasteiger partial charge in [-0.25, -0.2) is 5.43 Å². The fourth-order valence-corrected chi connectivity index (χ4v) is 5.56. The highest BCUT2D eigenvalue weighted by atomic mass is 16.5. The van der Waals surface area contributed by atoms with Gasteiger partial charge in [-0.3, -0.25) is 0 Å². The van der Waals surface area contributed by atoms with Crippen LogP contribution in [0.3, 0.4) is 0 Å². The monoisotopic (exact) mass is 538 g/mol. The summed E-state index contributed by atoms with van der Waals surface area (Å²) >= 11 is 0. The van der Waals surface area contributed by atoms with Crippen LogP contribution in [0.4, 0.5) is 17.8 Å². The van der Waals surface area contributed by atoms with Gasteiger partial charge in [0, 0.05) is 48.8 Å². The maximum absolute atomic E-state index is 6.01. The van der Waals surface area contributed by atoms with Gasteiger partial charge >= 0.3 is 0 Å². The minimum absolute atomic E-state index is 0.489. The lowest BCUT2D eigenvalue weighted by Gasteiger charge is -2.30. The number of benzene rings is 2. The first-order valence-electron chi connectivity index (χ1n) is 14.6. The smallest absolute Gasteiger partial charge is 0.250 e. The number of hydrogen-bond acceptors (Lipinski definition) is 8. The molecular weight excluding hydrogens is 500 g/mol. The van der Waals surface area contributed by atoms with E-state index < -0.39 is 0 Å². The maximum Gasteiger partial charge on any atom is 0.250 e. The van der Waals surface area contributed by atoms with Gasteiger partial charge in [0.1, 0.15) is 12.4 Å². The Balaban J connectivity index is 1.19. The van der Waals surface area contributed by atoms with E-state index >= 15 is 0 Å². The van der Waals surface area contributed by atoms with Crippen LogP contribution < -0.4 is 20.0 Å². The second kappa shape index (κ2) is 12.4. The number of nitrogens with one attached hydrogen (secondary N) is 1. The Kier molecular flexibility index (Phi) is 8.07. The largest absolute Gasteiger partial charge is 0.492 e. The number of hydrogen-bond donors (Lipinski definition) is 1. The summed E-state index contributed by atoms with van der Waals surface area (Å²) in [5.74, 6) is 2.88. The van der Waals surface area contributed by atoms with Gasteiger partial charge in [0.05, 0.1) is 12.8 Å². The number of rotatable bonds is 9. The lowest BCUT2D eigenvalue weighted by molar-refractivity contribution is 0.300. The van der Waals surface area contributed by atoms with Crippen molar-refractivity contribution in [2.24, 2.45) is 5.10 Å². The first-order valence-corrected chi connectivity index (χ1v) is 14.6. The van der Waals surface area contributed by atoms with Crippen molar-refractivity contribution in [3.8, 4) is 5.75 Å². The molecule has 6 rings (SSSR count). The lowest BCUT2D eigenvalue weighted by atomic mass is 10.1. The highest BCUT2D eigenvalue weighted by Gasteiger charge is 2.20. The van der Waals surface area contributed by atoms with E-state index in [4.69, 9.17) is 19.7 Å². The zero-order chi connectivity index (χ0) is 27.1. The summed E-state index contributed by atoms with van der Waals surface area (Å²) in [6.07, 6.45) is 11.2. The molecular formula is C31H38N8O. The van der Waals surface area contributed by atoms with Gasteiger partial charge < -0.3 is 19.1 Å². The first kappa shape index (κ1) is 26.1. The summed E-state index contributed by atoms with van der Waals surface area (Å²) in [7, 11) is 0. The average molecular weight is 539 g/mol. The molecule has 40 heavy (non-hydrogen) atoms. The third-order valence-corrected chi connectivity index (χ3v) is 7.67. The van der Waals surface area contributed by atoms with Crippen LogP contribution in [-0.2, 0) is 6.54 Å². The number of aryl methyl sites for hydroxylation is 1. The number of nitrogens with zero attached hydrogens (tertiary/aromatic N) is 7. The molecule has 0 spiro atoms. The van der Waals surface area contributed by atoms with E-state index in [-0.39, 0.29) is 0 Å². The number of piperidine rings is 2. The van der Waals surface area contributed by atoms with E-state index in [9.17, 15) is 0 Å². The first-order chi connectivity index (χ1) is 19.7. The molecule has 2 aromatic carbocycles. The standard InChI is InChI=1S/C31H38N8O/c1-24-11-10-12-26(21-24)40-20-19-39-23-25(27-13-4-5-14-28(27)39)22-32-36-29-33-30(37-15-6-2-7-16-37)35-31(34-29)38-17-8-3-9-18-38/h4-5,10-14,21-23H,2-3,6-9,15-20H2,1H3,(H,33,34,35,36)/b32-22-. The Morgan fingerprint density at radius 1 is 0.850 bits per heavy atom. The van der Waals surface area contributed by atoms with Gasteiger partial charge in [0.15, 0.2) is 0 Å². The van der Waals surface area contributed by atoms with Crippen molar-refractivity contribution < 1.29 is 4.74 Å². The van der Waals surface area contributed by atoms with Crippen molar-refractivity contribution in [1.29, 1.82) is 0 Å². The number of ether oxygens (including phenoxy) is 1. The van der Waals surface area contributed by atoms with Crippen molar-refractivity contribution in [2.45, 2.75) is 52.0 Å². The zero-order valence-corrected chi connectivity index (χ0v) is 23.3. The molecule has 2 aliphatic rings. The number of aromatic nitrogens is 4. The summed E-state index contributed by atoms with van der Waals surface area (Å²) in [5, 5.41) is 5.72. The van der Waals surface area contributed by atoms with E-state index in [2.05, 4.69) is 74.4 Å². The van der Waals surface area contributed by atoms with Crippen LogP contribution in [0, 0.1) is 6.92 Å². The predicted molar refractivity (Wildman–Crippen MR) is 162 cm³/mol. The van der Waals surface area contributed by atoms with E-state index in [1.807, 2.05) is 18.3 Å². The van der Waals surface area contributed by atoms with E-state index in [1.54, 1.807) is 0 Å². The third kappa shape index (κ3) is 6.19. The SMILES string of the molecule is Cc1cccc(OCCn2cc(/C=N\Nc3nc(N4CCCCC4)nc(N4CCCCC4)n3)c3ccccc32)c1. The van der Waals surface area contributed by atoms with Gasteiger partial charge in [-0.2, -0.15) is 20.1 Å². The molecule has 2 saturated heterocycles. The molecule has 2 fully saturated rings. The fourth-order valence-electron chi connectivity index (χ4n) is 5.56. The molecule has 0 unspecified atom stereocenters. The number of para-hydroxylation sites is 1. The molecule has 0 amide bonds. The molecule has 208 valence electrons. The zero-order valence-electron chi connectivity index (χ0n) is 23.3. The molecule has 4 heterocycles. The van der Waals surface area contributed by atoms with Crippen molar-refractivity contribution >= 4 is 35.0 Å². The fraction of sp³-hybridized carbons (Fsp3) is 0.419.